The summed E-state index contributed by atoms with van der Waals surface area (Å²) in [5.41, 5.74) is 6.87. The molecule has 0 aliphatic carbocycles. The normalized spacial score (nSPS) is 11.3. The summed E-state index contributed by atoms with van der Waals surface area (Å²) < 4.78 is 5.77. The van der Waals surface area contributed by atoms with Crippen LogP contribution in [0.25, 0.3) is 22.9 Å². The Labute approximate surface area is 127 Å². The molecule has 2 aromatic heterocycles. The van der Waals surface area contributed by atoms with Gasteiger partial charge in [0, 0.05) is 5.56 Å². The van der Waals surface area contributed by atoms with Gasteiger partial charge in [0.15, 0.2) is 11.6 Å². The molecule has 0 bridgehead atoms. The Kier molecular flexibility index (Phi) is 3.18. The van der Waals surface area contributed by atoms with Crippen molar-refractivity contribution in [2.75, 3.05) is 5.73 Å². The van der Waals surface area contributed by atoms with Crippen molar-refractivity contribution in [1.29, 1.82) is 5.26 Å². The molecule has 0 aliphatic rings. The lowest BCUT2D eigenvalue weighted by atomic mass is 9.86. The van der Waals surface area contributed by atoms with Gasteiger partial charge in [-0.1, -0.05) is 24.3 Å². The van der Waals surface area contributed by atoms with Crippen molar-refractivity contribution in [3.8, 4) is 29.0 Å². The van der Waals surface area contributed by atoms with Gasteiger partial charge in [-0.05, 0) is 31.5 Å². The molecule has 3 N–H and O–H groups in total. The van der Waals surface area contributed by atoms with Crippen LogP contribution in [0.1, 0.15) is 19.4 Å². The van der Waals surface area contributed by atoms with Gasteiger partial charge in [0.1, 0.15) is 5.76 Å². The number of nitrogens with one attached hydrogen (secondary N) is 1. The Morgan fingerprint density at radius 1 is 1.14 bits per heavy atom. The average Bonchev–Trinajstić information content (AvgIpc) is 3.16. The maximum atomic E-state index is 9.17. The largest absolute Gasteiger partial charge is 0.453 e. The summed E-state index contributed by atoms with van der Waals surface area (Å²) in [5, 5.41) is 15.7. The highest BCUT2D eigenvalue weighted by Crippen LogP contribution is 2.29. The van der Waals surface area contributed by atoms with Crippen LogP contribution >= 0.6 is 0 Å². The van der Waals surface area contributed by atoms with Crippen molar-refractivity contribution in [2.45, 2.75) is 19.3 Å². The van der Waals surface area contributed by atoms with Gasteiger partial charge in [-0.25, -0.2) is 0 Å². The molecular weight excluding hydrogens is 278 g/mol. The predicted molar refractivity (Wildman–Crippen MR) is 82.6 cm³/mol. The molecule has 0 atom stereocenters. The lowest BCUT2D eigenvalue weighted by molar-refractivity contribution is 0.592. The van der Waals surface area contributed by atoms with Gasteiger partial charge in [-0.15, -0.1) is 5.10 Å². The quantitative estimate of drug-likeness (QED) is 0.772. The molecule has 3 rings (SSSR count). The number of nitriles is 1. The first-order valence-electron chi connectivity index (χ1n) is 6.80. The molecular formula is C16H15N5O. The molecule has 0 aliphatic heterocycles. The second kappa shape index (κ2) is 5.04. The summed E-state index contributed by atoms with van der Waals surface area (Å²) >= 11 is 0. The fourth-order valence-corrected chi connectivity index (χ4v) is 2.12. The number of H-pyrrole nitrogens is 1. The van der Waals surface area contributed by atoms with E-state index < -0.39 is 5.41 Å². The Balaban J connectivity index is 1.90. The van der Waals surface area contributed by atoms with Crippen LogP contribution < -0.4 is 5.73 Å². The molecule has 0 radical (unpaired) electrons. The molecule has 0 saturated heterocycles. The first-order valence-corrected chi connectivity index (χ1v) is 6.80. The number of nitrogens with two attached hydrogens (primary N) is 1. The van der Waals surface area contributed by atoms with Crippen molar-refractivity contribution in [2.24, 2.45) is 0 Å². The van der Waals surface area contributed by atoms with E-state index in [1.165, 1.54) is 0 Å². The molecule has 0 saturated carbocycles. The summed E-state index contributed by atoms with van der Waals surface area (Å²) in [7, 11) is 0. The minimum atomic E-state index is -0.510. The highest BCUT2D eigenvalue weighted by molar-refractivity contribution is 5.62. The third kappa shape index (κ3) is 2.44. The number of anilines is 1. The lowest BCUT2D eigenvalue weighted by Crippen LogP contribution is -2.13. The van der Waals surface area contributed by atoms with E-state index in [2.05, 4.69) is 21.3 Å². The molecule has 0 spiro atoms. The summed E-state index contributed by atoms with van der Waals surface area (Å²) in [6.07, 6.45) is 0. The van der Waals surface area contributed by atoms with Gasteiger partial charge in [0.2, 0.25) is 5.95 Å². The number of aromatic nitrogens is 3. The summed E-state index contributed by atoms with van der Waals surface area (Å²) in [6, 6.07) is 13.7. The molecule has 110 valence electrons. The van der Waals surface area contributed by atoms with E-state index in [4.69, 9.17) is 10.2 Å². The van der Waals surface area contributed by atoms with Gasteiger partial charge in [0.05, 0.1) is 11.5 Å². The molecule has 6 nitrogen and oxygen atoms in total. The van der Waals surface area contributed by atoms with E-state index in [0.29, 0.717) is 17.3 Å². The van der Waals surface area contributed by atoms with Gasteiger partial charge >= 0.3 is 0 Å². The van der Waals surface area contributed by atoms with E-state index in [1.54, 1.807) is 0 Å². The first-order chi connectivity index (χ1) is 10.5. The molecule has 2 heterocycles. The topological polar surface area (TPSA) is 105 Å². The van der Waals surface area contributed by atoms with E-state index in [-0.39, 0.29) is 5.95 Å². The fourth-order valence-electron chi connectivity index (χ4n) is 2.12. The van der Waals surface area contributed by atoms with Crippen molar-refractivity contribution in [3.05, 3.63) is 42.0 Å². The number of furan rings is 1. The third-order valence-electron chi connectivity index (χ3n) is 3.51. The Morgan fingerprint density at radius 3 is 2.41 bits per heavy atom. The number of hydrogen-bond acceptors (Lipinski definition) is 5. The zero-order chi connectivity index (χ0) is 15.7. The maximum Gasteiger partial charge on any atom is 0.239 e. The maximum absolute atomic E-state index is 9.17. The number of hydrogen-bond donors (Lipinski definition) is 2. The Morgan fingerprint density at radius 2 is 1.82 bits per heavy atom. The van der Waals surface area contributed by atoms with Crippen LogP contribution in [-0.2, 0) is 5.41 Å². The van der Waals surface area contributed by atoms with E-state index >= 15 is 0 Å². The van der Waals surface area contributed by atoms with E-state index in [1.807, 2.05) is 50.2 Å². The third-order valence-corrected chi connectivity index (χ3v) is 3.51. The summed E-state index contributed by atoms with van der Waals surface area (Å²) in [5.74, 6) is 1.95. The summed E-state index contributed by atoms with van der Waals surface area (Å²) in [6.45, 7) is 3.78. The minimum Gasteiger partial charge on any atom is -0.453 e. The number of aromatic amines is 1. The van der Waals surface area contributed by atoms with Crippen LogP contribution in [0.3, 0.4) is 0 Å². The van der Waals surface area contributed by atoms with Crippen LogP contribution in [0.5, 0.6) is 0 Å². The van der Waals surface area contributed by atoms with Crippen LogP contribution in [0.15, 0.2) is 40.8 Å². The second-order valence-corrected chi connectivity index (χ2v) is 5.52. The molecule has 3 aromatic rings. The van der Waals surface area contributed by atoms with Crippen molar-refractivity contribution in [3.63, 3.8) is 0 Å². The monoisotopic (exact) mass is 293 g/mol. The predicted octanol–water partition coefficient (Wildman–Crippen LogP) is 3.12. The van der Waals surface area contributed by atoms with Gasteiger partial charge < -0.3 is 10.2 Å². The molecule has 0 amide bonds. The smallest absolute Gasteiger partial charge is 0.239 e. The SMILES string of the molecule is CC(C)(C#N)c1ccc(-c2ccc(-c3nc(N)n[nH]3)o2)cc1. The van der Waals surface area contributed by atoms with Crippen LogP contribution in [0.4, 0.5) is 5.95 Å². The number of rotatable bonds is 3. The molecule has 6 heteroatoms. The molecule has 0 fully saturated rings. The molecule has 0 unspecified atom stereocenters. The highest BCUT2D eigenvalue weighted by atomic mass is 16.3. The number of nitrogens with zero attached hydrogens (tertiary/aromatic N) is 3. The summed E-state index contributed by atoms with van der Waals surface area (Å²) in [4.78, 5) is 4.03. The standard InChI is InChI=1S/C16H15N5O/c1-16(2,9-17)11-5-3-10(4-6-11)12-7-8-13(22-12)14-19-15(18)21-20-14/h3-8H,1-2H3,(H3,18,19,20,21). The van der Waals surface area contributed by atoms with Crippen LogP contribution in [0, 0.1) is 11.3 Å². The van der Waals surface area contributed by atoms with Crippen molar-refractivity contribution >= 4 is 5.95 Å². The first kappa shape index (κ1) is 13.9. The molecule has 1 aromatic carbocycles. The number of benzene rings is 1. The second-order valence-electron chi connectivity index (χ2n) is 5.52. The van der Waals surface area contributed by atoms with Crippen LogP contribution in [0.2, 0.25) is 0 Å². The van der Waals surface area contributed by atoms with Crippen molar-refractivity contribution in [1.82, 2.24) is 15.2 Å². The Bertz CT molecular complexity index is 836. The van der Waals surface area contributed by atoms with Gasteiger partial charge in [-0.2, -0.15) is 10.2 Å². The lowest BCUT2D eigenvalue weighted by Gasteiger charge is -2.15. The molecule has 22 heavy (non-hydrogen) atoms. The van der Waals surface area contributed by atoms with E-state index in [9.17, 15) is 5.26 Å². The highest BCUT2D eigenvalue weighted by Gasteiger charge is 2.19. The minimum absolute atomic E-state index is 0.177. The van der Waals surface area contributed by atoms with Crippen LogP contribution in [-0.4, -0.2) is 15.2 Å². The zero-order valence-electron chi connectivity index (χ0n) is 12.3. The number of nitrogen functional groups attached to an aromatic ring is 1. The zero-order valence-corrected chi connectivity index (χ0v) is 12.3. The van der Waals surface area contributed by atoms with E-state index in [0.717, 1.165) is 11.1 Å². The van der Waals surface area contributed by atoms with Crippen molar-refractivity contribution < 1.29 is 4.42 Å². The average molecular weight is 293 g/mol. The fraction of sp³-hybridized carbons (Fsp3) is 0.188. The van der Waals surface area contributed by atoms with Gasteiger partial charge in [-0.3, -0.25) is 5.10 Å². The Hall–Kier alpha value is -3.07. The van der Waals surface area contributed by atoms with Gasteiger partial charge in [0.25, 0.3) is 0 Å².